The molecule has 1 aromatic carbocycles. The second-order valence-electron chi connectivity index (χ2n) is 4.29. The fourth-order valence-corrected chi connectivity index (χ4v) is 1.66. The van der Waals surface area contributed by atoms with Gasteiger partial charge < -0.3 is 20.1 Å². The van der Waals surface area contributed by atoms with Crippen LogP contribution >= 0.6 is 0 Å². The van der Waals surface area contributed by atoms with E-state index in [1.807, 2.05) is 24.3 Å². The Morgan fingerprint density at radius 2 is 1.90 bits per heavy atom. The number of nitrogens with zero attached hydrogens (tertiary/aromatic N) is 3. The molecular formula is C14H19N5O2. The van der Waals surface area contributed by atoms with E-state index in [4.69, 9.17) is 9.47 Å². The van der Waals surface area contributed by atoms with Crippen LogP contribution in [0.4, 0.5) is 11.8 Å². The Morgan fingerprint density at radius 3 is 2.62 bits per heavy atom. The van der Waals surface area contributed by atoms with Crippen molar-refractivity contribution in [1.82, 2.24) is 15.2 Å². The lowest BCUT2D eigenvalue weighted by Gasteiger charge is -2.08. The van der Waals surface area contributed by atoms with Crippen LogP contribution < -0.4 is 15.4 Å². The summed E-state index contributed by atoms with van der Waals surface area (Å²) in [5, 5.41) is 14.0. The molecule has 0 atom stereocenters. The molecule has 7 nitrogen and oxygen atoms in total. The zero-order valence-corrected chi connectivity index (χ0v) is 12.2. The van der Waals surface area contributed by atoms with Gasteiger partial charge in [0.25, 0.3) is 0 Å². The van der Waals surface area contributed by atoms with Crippen molar-refractivity contribution in [1.29, 1.82) is 0 Å². The zero-order chi connectivity index (χ0) is 14.9. The van der Waals surface area contributed by atoms with Crippen molar-refractivity contribution in [3.63, 3.8) is 0 Å². The first-order valence-electron chi connectivity index (χ1n) is 6.61. The van der Waals surface area contributed by atoms with Gasteiger partial charge in [-0.05, 0) is 17.7 Å². The first kappa shape index (κ1) is 15.0. The van der Waals surface area contributed by atoms with Gasteiger partial charge in [0.1, 0.15) is 5.75 Å². The monoisotopic (exact) mass is 289 g/mol. The molecule has 0 saturated heterocycles. The number of aromatic nitrogens is 3. The molecule has 0 bridgehead atoms. The van der Waals surface area contributed by atoms with Crippen LogP contribution in [0, 0.1) is 0 Å². The van der Waals surface area contributed by atoms with E-state index in [1.54, 1.807) is 20.4 Å². The van der Waals surface area contributed by atoms with E-state index < -0.39 is 0 Å². The van der Waals surface area contributed by atoms with Gasteiger partial charge in [-0.25, -0.2) is 0 Å². The topological polar surface area (TPSA) is 81.2 Å². The lowest BCUT2D eigenvalue weighted by atomic mass is 10.2. The van der Waals surface area contributed by atoms with Crippen LogP contribution in [-0.2, 0) is 11.3 Å². The molecule has 2 rings (SSSR count). The SMILES string of the molecule is COCCNc1nncc(NCc2ccc(OC)cc2)n1. The number of hydrogen-bond acceptors (Lipinski definition) is 7. The molecule has 7 heteroatoms. The van der Waals surface area contributed by atoms with Crippen LogP contribution in [0.15, 0.2) is 30.5 Å². The van der Waals surface area contributed by atoms with Crippen molar-refractivity contribution in [2.24, 2.45) is 0 Å². The molecule has 0 amide bonds. The highest BCUT2D eigenvalue weighted by Crippen LogP contribution is 2.12. The molecule has 2 aromatic rings. The van der Waals surface area contributed by atoms with Crippen molar-refractivity contribution in [3.05, 3.63) is 36.0 Å². The number of benzene rings is 1. The van der Waals surface area contributed by atoms with Gasteiger partial charge in [-0.3, -0.25) is 0 Å². The van der Waals surface area contributed by atoms with Gasteiger partial charge in [0.2, 0.25) is 5.95 Å². The molecule has 2 N–H and O–H groups in total. The number of methoxy groups -OCH3 is 2. The summed E-state index contributed by atoms with van der Waals surface area (Å²) in [6.07, 6.45) is 1.59. The normalized spacial score (nSPS) is 10.2. The maximum absolute atomic E-state index is 5.12. The predicted molar refractivity (Wildman–Crippen MR) is 80.5 cm³/mol. The Hall–Kier alpha value is -2.41. The molecule has 0 aliphatic carbocycles. The van der Waals surface area contributed by atoms with Crippen LogP contribution in [0.3, 0.4) is 0 Å². The third kappa shape index (κ3) is 4.88. The summed E-state index contributed by atoms with van der Waals surface area (Å²) in [4.78, 5) is 4.32. The highest BCUT2D eigenvalue weighted by molar-refractivity contribution is 5.38. The van der Waals surface area contributed by atoms with E-state index in [2.05, 4.69) is 25.8 Å². The van der Waals surface area contributed by atoms with Crippen LogP contribution in [-0.4, -0.2) is 42.6 Å². The molecule has 1 heterocycles. The van der Waals surface area contributed by atoms with E-state index in [0.29, 0.717) is 31.5 Å². The molecule has 0 spiro atoms. The highest BCUT2D eigenvalue weighted by atomic mass is 16.5. The fourth-order valence-electron chi connectivity index (χ4n) is 1.66. The number of nitrogens with one attached hydrogen (secondary N) is 2. The minimum Gasteiger partial charge on any atom is -0.497 e. The average Bonchev–Trinajstić information content (AvgIpc) is 2.54. The molecule has 0 saturated carbocycles. The van der Waals surface area contributed by atoms with Gasteiger partial charge in [0.05, 0.1) is 19.9 Å². The smallest absolute Gasteiger partial charge is 0.244 e. The third-order valence-electron chi connectivity index (χ3n) is 2.78. The third-order valence-corrected chi connectivity index (χ3v) is 2.78. The molecule has 0 radical (unpaired) electrons. The molecule has 0 unspecified atom stereocenters. The molecule has 1 aromatic heterocycles. The maximum Gasteiger partial charge on any atom is 0.244 e. The van der Waals surface area contributed by atoms with Gasteiger partial charge >= 0.3 is 0 Å². The average molecular weight is 289 g/mol. The highest BCUT2D eigenvalue weighted by Gasteiger charge is 2.00. The number of rotatable bonds is 8. The van der Waals surface area contributed by atoms with Crippen LogP contribution in [0.5, 0.6) is 5.75 Å². The summed E-state index contributed by atoms with van der Waals surface area (Å²) in [6, 6.07) is 7.84. The second kappa shape index (κ2) is 8.01. The Labute approximate surface area is 123 Å². The predicted octanol–water partition coefficient (Wildman–Crippen LogP) is 1.55. The van der Waals surface area contributed by atoms with Gasteiger partial charge in [-0.2, -0.15) is 10.1 Å². The minimum absolute atomic E-state index is 0.479. The first-order chi connectivity index (χ1) is 10.3. The summed E-state index contributed by atoms with van der Waals surface area (Å²) in [5.41, 5.74) is 1.13. The maximum atomic E-state index is 5.12. The quantitative estimate of drug-likeness (QED) is 0.713. The molecule has 0 aliphatic rings. The summed E-state index contributed by atoms with van der Waals surface area (Å²) in [5.74, 6) is 1.99. The van der Waals surface area contributed by atoms with Crippen molar-refractivity contribution in [2.75, 3.05) is 38.0 Å². The molecule has 112 valence electrons. The van der Waals surface area contributed by atoms with Crippen LogP contribution in [0.2, 0.25) is 0 Å². The lowest BCUT2D eigenvalue weighted by Crippen LogP contribution is -2.12. The summed E-state index contributed by atoms with van der Waals surface area (Å²) < 4.78 is 10.1. The van der Waals surface area contributed by atoms with Gasteiger partial charge in [0.15, 0.2) is 5.82 Å². The summed E-state index contributed by atoms with van der Waals surface area (Å²) in [7, 11) is 3.30. The Bertz CT molecular complexity index is 547. The first-order valence-corrected chi connectivity index (χ1v) is 6.61. The van der Waals surface area contributed by atoms with E-state index in [-0.39, 0.29) is 0 Å². The van der Waals surface area contributed by atoms with Crippen LogP contribution in [0.1, 0.15) is 5.56 Å². The van der Waals surface area contributed by atoms with Gasteiger partial charge in [0, 0.05) is 20.2 Å². The van der Waals surface area contributed by atoms with Crippen LogP contribution in [0.25, 0.3) is 0 Å². The van der Waals surface area contributed by atoms with Gasteiger partial charge in [-0.1, -0.05) is 12.1 Å². The zero-order valence-electron chi connectivity index (χ0n) is 12.2. The summed E-state index contributed by atoms with van der Waals surface area (Å²) >= 11 is 0. The van der Waals surface area contributed by atoms with E-state index in [9.17, 15) is 0 Å². The van der Waals surface area contributed by atoms with Crippen molar-refractivity contribution in [2.45, 2.75) is 6.54 Å². The van der Waals surface area contributed by atoms with E-state index in [1.165, 1.54) is 0 Å². The Kier molecular flexibility index (Phi) is 5.71. The minimum atomic E-state index is 0.479. The number of anilines is 2. The fraction of sp³-hybridized carbons (Fsp3) is 0.357. The molecule has 0 fully saturated rings. The Balaban J connectivity index is 1.88. The molecule has 21 heavy (non-hydrogen) atoms. The largest absolute Gasteiger partial charge is 0.497 e. The number of hydrogen-bond donors (Lipinski definition) is 2. The molecule has 0 aliphatic heterocycles. The second-order valence-corrected chi connectivity index (χ2v) is 4.29. The van der Waals surface area contributed by atoms with Gasteiger partial charge in [-0.15, -0.1) is 5.10 Å². The Morgan fingerprint density at radius 1 is 1.10 bits per heavy atom. The van der Waals surface area contributed by atoms with Crippen molar-refractivity contribution in [3.8, 4) is 5.75 Å². The lowest BCUT2D eigenvalue weighted by molar-refractivity contribution is 0.210. The van der Waals surface area contributed by atoms with Crippen molar-refractivity contribution >= 4 is 11.8 Å². The van der Waals surface area contributed by atoms with E-state index in [0.717, 1.165) is 11.3 Å². The summed E-state index contributed by atoms with van der Waals surface area (Å²) in [6.45, 7) is 1.88. The standard InChI is InChI=1S/C14H19N5O2/c1-20-8-7-15-14-18-13(10-17-19-14)16-9-11-3-5-12(21-2)6-4-11/h3-6,10H,7-9H2,1-2H3,(H2,15,16,18,19). The van der Waals surface area contributed by atoms with Crippen molar-refractivity contribution < 1.29 is 9.47 Å². The number of ether oxygens (including phenoxy) is 2. The molecular weight excluding hydrogens is 270 g/mol. The van der Waals surface area contributed by atoms with E-state index >= 15 is 0 Å².